The van der Waals surface area contributed by atoms with Crippen LogP contribution in [0.25, 0.3) is 0 Å². The first-order valence-electron chi connectivity index (χ1n) is 7.38. The van der Waals surface area contributed by atoms with Gasteiger partial charge in [0.05, 0.1) is 21.0 Å². The fourth-order valence-electron chi connectivity index (χ4n) is 2.16. The predicted molar refractivity (Wildman–Crippen MR) is 90.9 cm³/mol. The van der Waals surface area contributed by atoms with Gasteiger partial charge >= 0.3 is 5.97 Å². The normalized spacial score (nSPS) is 14.5. The van der Waals surface area contributed by atoms with Crippen molar-refractivity contribution in [1.29, 1.82) is 0 Å². The van der Waals surface area contributed by atoms with Gasteiger partial charge in [0.15, 0.2) is 0 Å². The number of carbonyl (C=O) groups excluding carboxylic acids is 1. The third-order valence-electron chi connectivity index (χ3n) is 3.19. The molecule has 1 aromatic carbocycles. The Kier molecular flexibility index (Phi) is 8.79. The number of hydrogen-bond donors (Lipinski definition) is 0. The topological polar surface area (TPSA) is 43.4 Å². The molecule has 5 heteroatoms. The highest BCUT2D eigenvalue weighted by molar-refractivity contribution is 7.99. The second-order valence-corrected chi connectivity index (χ2v) is 7.63. The minimum absolute atomic E-state index is 0.100. The molecule has 0 amide bonds. The SMILES string of the molecule is CCOC(=O)C(CC(C)C)C(CSc1ccccc1)[PH2]=O. The van der Waals surface area contributed by atoms with Crippen LogP contribution < -0.4 is 0 Å². The van der Waals surface area contributed by atoms with Gasteiger partial charge in [-0.15, -0.1) is 11.8 Å². The molecule has 1 aromatic rings. The molecule has 3 atom stereocenters. The first-order valence-corrected chi connectivity index (χ1v) is 9.50. The molecule has 0 aromatic heterocycles. The largest absolute Gasteiger partial charge is 0.466 e. The van der Waals surface area contributed by atoms with Gasteiger partial charge in [-0.3, -0.25) is 4.79 Å². The molecule has 3 nitrogen and oxygen atoms in total. The standard InChI is InChI=1S/C16H25O3PS/c1-4-19-16(17)14(10-12(2)3)15(20-18)11-21-13-8-6-5-7-9-13/h5-9,12,14-15H,4,10-11,20H2,1-3H3. The zero-order valence-corrected chi connectivity index (χ0v) is 14.9. The molecule has 0 heterocycles. The van der Waals surface area contributed by atoms with Crippen molar-refractivity contribution in [2.75, 3.05) is 12.4 Å². The fourth-order valence-corrected chi connectivity index (χ4v) is 4.24. The Morgan fingerprint density at radius 2 is 1.95 bits per heavy atom. The number of carbonyl (C=O) groups is 1. The average molecular weight is 328 g/mol. The molecule has 21 heavy (non-hydrogen) atoms. The quantitative estimate of drug-likeness (QED) is 0.388. The summed E-state index contributed by atoms with van der Waals surface area (Å²) in [5.41, 5.74) is -0.100. The van der Waals surface area contributed by atoms with Crippen LogP contribution >= 0.6 is 20.2 Å². The molecule has 0 aliphatic carbocycles. The number of hydrogen-bond acceptors (Lipinski definition) is 4. The number of thioether (sulfide) groups is 1. The van der Waals surface area contributed by atoms with Crippen molar-refractivity contribution in [3.8, 4) is 0 Å². The van der Waals surface area contributed by atoms with Crippen LogP contribution in [-0.4, -0.2) is 24.0 Å². The Bertz CT molecular complexity index is 436. The van der Waals surface area contributed by atoms with Crippen molar-refractivity contribution in [3.05, 3.63) is 30.3 Å². The lowest BCUT2D eigenvalue weighted by atomic mass is 9.94. The van der Waals surface area contributed by atoms with Crippen molar-refractivity contribution in [2.45, 2.75) is 37.7 Å². The molecule has 0 aliphatic rings. The molecule has 0 aliphatic heterocycles. The minimum atomic E-state index is -1.00. The zero-order chi connectivity index (χ0) is 15.7. The van der Waals surface area contributed by atoms with E-state index in [4.69, 9.17) is 4.74 Å². The zero-order valence-electron chi connectivity index (χ0n) is 13.0. The van der Waals surface area contributed by atoms with Crippen molar-refractivity contribution in [1.82, 2.24) is 0 Å². The van der Waals surface area contributed by atoms with Gasteiger partial charge in [-0.1, -0.05) is 32.0 Å². The summed E-state index contributed by atoms with van der Waals surface area (Å²) in [7, 11) is -1.00. The number of rotatable bonds is 9. The Balaban J connectivity index is 2.71. The van der Waals surface area contributed by atoms with Crippen LogP contribution in [0.1, 0.15) is 27.2 Å². The summed E-state index contributed by atoms with van der Waals surface area (Å²) in [6, 6.07) is 10.0. The van der Waals surface area contributed by atoms with Gasteiger partial charge in [-0.2, -0.15) is 0 Å². The maximum absolute atomic E-state index is 12.1. The third-order valence-corrected chi connectivity index (χ3v) is 5.74. The number of ether oxygens (including phenoxy) is 1. The third kappa shape index (κ3) is 6.71. The van der Waals surface area contributed by atoms with E-state index in [9.17, 15) is 9.36 Å². The molecule has 0 saturated heterocycles. The van der Waals surface area contributed by atoms with Crippen molar-refractivity contribution in [2.24, 2.45) is 11.8 Å². The maximum atomic E-state index is 12.1. The second kappa shape index (κ2) is 10.1. The summed E-state index contributed by atoms with van der Waals surface area (Å²) in [4.78, 5) is 13.3. The Hall–Kier alpha value is -0.730. The molecule has 0 radical (unpaired) electrons. The molecule has 0 saturated carbocycles. The summed E-state index contributed by atoms with van der Waals surface area (Å²) in [6.07, 6.45) is 0.730. The molecule has 1 rings (SSSR count). The van der Waals surface area contributed by atoms with E-state index in [-0.39, 0.29) is 17.5 Å². The van der Waals surface area contributed by atoms with Gasteiger partial charge in [0.1, 0.15) is 0 Å². The van der Waals surface area contributed by atoms with E-state index in [0.29, 0.717) is 18.3 Å². The van der Waals surface area contributed by atoms with Crippen molar-refractivity contribution >= 4 is 26.2 Å². The molecule has 0 spiro atoms. The van der Waals surface area contributed by atoms with Crippen molar-refractivity contribution < 1.29 is 14.1 Å². The highest BCUT2D eigenvalue weighted by Gasteiger charge is 2.29. The van der Waals surface area contributed by atoms with Crippen LogP contribution in [0.5, 0.6) is 0 Å². The maximum Gasteiger partial charge on any atom is 0.309 e. The van der Waals surface area contributed by atoms with E-state index in [0.717, 1.165) is 11.3 Å². The molecule has 3 unspecified atom stereocenters. The lowest BCUT2D eigenvalue weighted by Crippen LogP contribution is -2.29. The van der Waals surface area contributed by atoms with Gasteiger partial charge in [0, 0.05) is 16.3 Å². The second-order valence-electron chi connectivity index (χ2n) is 5.41. The first-order chi connectivity index (χ1) is 10.1. The van der Waals surface area contributed by atoms with Crippen LogP contribution in [0.15, 0.2) is 35.2 Å². The van der Waals surface area contributed by atoms with Gasteiger partial charge in [0.25, 0.3) is 0 Å². The summed E-state index contributed by atoms with van der Waals surface area (Å²) >= 11 is 1.66. The Morgan fingerprint density at radius 1 is 1.29 bits per heavy atom. The fraction of sp³-hybridized carbons (Fsp3) is 0.562. The summed E-state index contributed by atoms with van der Waals surface area (Å²) in [6.45, 7) is 6.34. The smallest absolute Gasteiger partial charge is 0.309 e. The van der Waals surface area contributed by atoms with Gasteiger partial charge in [-0.05, 0) is 31.4 Å². The summed E-state index contributed by atoms with van der Waals surface area (Å²) in [5.74, 6) is 0.621. The minimum Gasteiger partial charge on any atom is -0.466 e. The molecule has 118 valence electrons. The van der Waals surface area contributed by atoms with E-state index < -0.39 is 8.46 Å². The Labute approximate surface area is 133 Å². The van der Waals surface area contributed by atoms with Crippen LogP contribution in [0.4, 0.5) is 0 Å². The molecule has 0 bridgehead atoms. The predicted octanol–water partition coefficient (Wildman–Crippen LogP) is 4.13. The molecular formula is C16H25O3PS. The highest BCUT2D eigenvalue weighted by Crippen LogP contribution is 2.31. The summed E-state index contributed by atoms with van der Waals surface area (Å²) < 4.78 is 16.8. The summed E-state index contributed by atoms with van der Waals surface area (Å²) in [5, 5.41) is 0. The van der Waals surface area contributed by atoms with E-state index in [1.807, 2.05) is 37.3 Å². The molecule has 0 N–H and O–H groups in total. The average Bonchev–Trinajstić information content (AvgIpc) is 2.47. The van der Waals surface area contributed by atoms with E-state index in [1.54, 1.807) is 11.8 Å². The van der Waals surface area contributed by atoms with Crippen LogP contribution in [0.2, 0.25) is 0 Å². The first kappa shape index (κ1) is 18.3. The number of esters is 1. The van der Waals surface area contributed by atoms with Gasteiger partial charge < -0.3 is 9.30 Å². The van der Waals surface area contributed by atoms with Gasteiger partial charge in [0.2, 0.25) is 0 Å². The van der Waals surface area contributed by atoms with E-state index in [2.05, 4.69) is 13.8 Å². The van der Waals surface area contributed by atoms with Crippen LogP contribution in [-0.2, 0) is 14.1 Å². The monoisotopic (exact) mass is 328 g/mol. The number of benzene rings is 1. The molecule has 0 fully saturated rings. The molecular weight excluding hydrogens is 303 g/mol. The highest BCUT2D eigenvalue weighted by atomic mass is 32.2. The lowest BCUT2D eigenvalue weighted by molar-refractivity contribution is -0.148. The van der Waals surface area contributed by atoms with Crippen molar-refractivity contribution in [3.63, 3.8) is 0 Å². The van der Waals surface area contributed by atoms with E-state index in [1.165, 1.54) is 0 Å². The van der Waals surface area contributed by atoms with Crippen LogP contribution in [0.3, 0.4) is 0 Å². The Morgan fingerprint density at radius 3 is 2.48 bits per heavy atom. The van der Waals surface area contributed by atoms with Crippen LogP contribution in [0, 0.1) is 11.8 Å². The lowest BCUT2D eigenvalue weighted by Gasteiger charge is -2.23. The van der Waals surface area contributed by atoms with Gasteiger partial charge in [-0.25, -0.2) is 0 Å². The van der Waals surface area contributed by atoms with E-state index >= 15 is 0 Å².